The molecule has 1 aromatic carbocycles. The summed E-state index contributed by atoms with van der Waals surface area (Å²) in [6.07, 6.45) is 1.00. The van der Waals surface area contributed by atoms with Crippen LogP contribution in [0.15, 0.2) is 22.7 Å². The van der Waals surface area contributed by atoms with Gasteiger partial charge < -0.3 is 15.4 Å². The van der Waals surface area contributed by atoms with Crippen LogP contribution < -0.4 is 10.6 Å². The van der Waals surface area contributed by atoms with Crippen molar-refractivity contribution in [1.29, 1.82) is 0 Å². The molecule has 0 radical (unpaired) electrons. The molecule has 2 rings (SSSR count). The molecule has 1 aliphatic rings. The Bertz CT molecular complexity index is 484. The maximum absolute atomic E-state index is 13.2. The number of benzene rings is 1. The standard InChI is InChI=1S/C14H18BrFN2O2/c1-2-5-17-13-8-20-7-10(13)14(19)18-12-6-9(16)3-4-11(12)15/h3-4,6,10,13,17H,2,5,7-8H2,1H3,(H,18,19). The Labute approximate surface area is 126 Å². The second-order valence-electron chi connectivity index (χ2n) is 4.82. The van der Waals surface area contributed by atoms with Gasteiger partial charge in [-0.1, -0.05) is 6.92 Å². The number of carbonyl (C=O) groups is 1. The molecule has 110 valence electrons. The van der Waals surface area contributed by atoms with Gasteiger partial charge in [-0.3, -0.25) is 4.79 Å². The van der Waals surface area contributed by atoms with Gasteiger partial charge in [0.05, 0.1) is 24.8 Å². The summed E-state index contributed by atoms with van der Waals surface area (Å²) in [5.74, 6) is -0.786. The number of halogens is 2. The van der Waals surface area contributed by atoms with E-state index in [4.69, 9.17) is 4.74 Å². The van der Waals surface area contributed by atoms with Gasteiger partial charge >= 0.3 is 0 Å². The molecule has 2 atom stereocenters. The second-order valence-corrected chi connectivity index (χ2v) is 5.67. The SMILES string of the molecule is CCCNC1COCC1C(=O)Nc1cc(F)ccc1Br. The predicted molar refractivity (Wildman–Crippen MR) is 79.1 cm³/mol. The summed E-state index contributed by atoms with van der Waals surface area (Å²) in [5, 5.41) is 6.06. The van der Waals surface area contributed by atoms with Crippen molar-refractivity contribution < 1.29 is 13.9 Å². The molecule has 4 nitrogen and oxygen atoms in total. The highest BCUT2D eigenvalue weighted by Gasteiger charge is 2.33. The van der Waals surface area contributed by atoms with E-state index in [1.165, 1.54) is 12.1 Å². The van der Waals surface area contributed by atoms with Crippen LogP contribution in [0.2, 0.25) is 0 Å². The van der Waals surface area contributed by atoms with E-state index in [2.05, 4.69) is 33.5 Å². The molecule has 1 aromatic rings. The normalized spacial score (nSPS) is 21.9. The van der Waals surface area contributed by atoms with Gasteiger partial charge in [0.2, 0.25) is 5.91 Å². The zero-order valence-corrected chi connectivity index (χ0v) is 12.9. The molecule has 1 saturated heterocycles. The molecule has 0 aromatic heterocycles. The van der Waals surface area contributed by atoms with Crippen LogP contribution in [-0.4, -0.2) is 31.7 Å². The third-order valence-corrected chi connectivity index (χ3v) is 3.95. The van der Waals surface area contributed by atoms with Crippen LogP contribution in [0.4, 0.5) is 10.1 Å². The number of carbonyl (C=O) groups excluding carboxylic acids is 1. The molecule has 1 amide bonds. The maximum Gasteiger partial charge on any atom is 0.231 e. The number of rotatable bonds is 5. The highest BCUT2D eigenvalue weighted by molar-refractivity contribution is 9.10. The summed E-state index contributed by atoms with van der Waals surface area (Å²) in [7, 11) is 0. The summed E-state index contributed by atoms with van der Waals surface area (Å²) in [4.78, 5) is 12.3. The molecule has 2 N–H and O–H groups in total. The lowest BCUT2D eigenvalue weighted by Crippen LogP contribution is -2.41. The monoisotopic (exact) mass is 344 g/mol. The minimum atomic E-state index is -0.383. The van der Waals surface area contributed by atoms with Gasteiger partial charge in [0.1, 0.15) is 5.82 Å². The lowest BCUT2D eigenvalue weighted by Gasteiger charge is -2.18. The summed E-state index contributed by atoms with van der Waals surface area (Å²) in [6.45, 7) is 3.84. The van der Waals surface area contributed by atoms with E-state index in [-0.39, 0.29) is 23.7 Å². The van der Waals surface area contributed by atoms with E-state index in [0.717, 1.165) is 13.0 Å². The van der Waals surface area contributed by atoms with Crippen molar-refractivity contribution in [2.24, 2.45) is 5.92 Å². The van der Waals surface area contributed by atoms with Crippen molar-refractivity contribution in [2.75, 3.05) is 25.1 Å². The average Bonchev–Trinajstić information content (AvgIpc) is 2.89. The Morgan fingerprint density at radius 3 is 3.05 bits per heavy atom. The Hall–Kier alpha value is -0.980. The van der Waals surface area contributed by atoms with Crippen molar-refractivity contribution in [3.05, 3.63) is 28.5 Å². The van der Waals surface area contributed by atoms with Gasteiger partial charge in [0.15, 0.2) is 0 Å². The van der Waals surface area contributed by atoms with E-state index in [9.17, 15) is 9.18 Å². The highest BCUT2D eigenvalue weighted by Crippen LogP contribution is 2.25. The maximum atomic E-state index is 13.2. The van der Waals surface area contributed by atoms with Gasteiger partial charge in [-0.2, -0.15) is 0 Å². The van der Waals surface area contributed by atoms with Crippen molar-refractivity contribution in [1.82, 2.24) is 5.32 Å². The predicted octanol–water partition coefficient (Wildman–Crippen LogP) is 2.54. The average molecular weight is 345 g/mol. The largest absolute Gasteiger partial charge is 0.379 e. The second kappa shape index (κ2) is 7.15. The first-order valence-electron chi connectivity index (χ1n) is 6.69. The first kappa shape index (κ1) is 15.4. The van der Waals surface area contributed by atoms with E-state index in [1.54, 1.807) is 6.07 Å². The Morgan fingerprint density at radius 1 is 1.50 bits per heavy atom. The minimum Gasteiger partial charge on any atom is -0.379 e. The van der Waals surface area contributed by atoms with Gasteiger partial charge in [0, 0.05) is 10.5 Å². The van der Waals surface area contributed by atoms with E-state index in [1.807, 2.05) is 0 Å². The van der Waals surface area contributed by atoms with Gasteiger partial charge in [-0.05, 0) is 47.1 Å². The molecular formula is C14H18BrFN2O2. The van der Waals surface area contributed by atoms with Crippen LogP contribution in [-0.2, 0) is 9.53 Å². The molecule has 0 aliphatic carbocycles. The van der Waals surface area contributed by atoms with Gasteiger partial charge in [0.25, 0.3) is 0 Å². The molecule has 6 heteroatoms. The van der Waals surface area contributed by atoms with Crippen LogP contribution in [0.3, 0.4) is 0 Å². The van der Waals surface area contributed by atoms with Crippen molar-refractivity contribution >= 4 is 27.5 Å². The quantitative estimate of drug-likeness (QED) is 0.862. The van der Waals surface area contributed by atoms with Crippen LogP contribution in [0.5, 0.6) is 0 Å². The van der Waals surface area contributed by atoms with E-state index in [0.29, 0.717) is 23.4 Å². The zero-order chi connectivity index (χ0) is 14.5. The van der Waals surface area contributed by atoms with Crippen LogP contribution in [0.1, 0.15) is 13.3 Å². The van der Waals surface area contributed by atoms with Crippen molar-refractivity contribution in [3.8, 4) is 0 Å². The van der Waals surface area contributed by atoms with Crippen LogP contribution in [0.25, 0.3) is 0 Å². The molecule has 1 heterocycles. The number of anilines is 1. The highest BCUT2D eigenvalue weighted by atomic mass is 79.9. The fraction of sp³-hybridized carbons (Fsp3) is 0.500. The Morgan fingerprint density at radius 2 is 2.30 bits per heavy atom. The summed E-state index contributed by atoms with van der Waals surface area (Å²) in [5.41, 5.74) is 0.441. The topological polar surface area (TPSA) is 50.4 Å². The molecule has 0 spiro atoms. The minimum absolute atomic E-state index is 0.0160. The molecular weight excluding hydrogens is 327 g/mol. The molecule has 0 saturated carbocycles. The summed E-state index contributed by atoms with van der Waals surface area (Å²) in [6, 6.07) is 4.22. The van der Waals surface area contributed by atoms with Gasteiger partial charge in [-0.15, -0.1) is 0 Å². The lowest BCUT2D eigenvalue weighted by molar-refractivity contribution is -0.120. The fourth-order valence-electron chi connectivity index (χ4n) is 2.16. The molecule has 1 aliphatic heterocycles. The van der Waals surface area contributed by atoms with Crippen molar-refractivity contribution in [2.45, 2.75) is 19.4 Å². The van der Waals surface area contributed by atoms with Crippen LogP contribution in [0, 0.1) is 11.7 Å². The van der Waals surface area contributed by atoms with Crippen LogP contribution >= 0.6 is 15.9 Å². The number of amides is 1. The number of ether oxygens (including phenoxy) is 1. The molecule has 0 bridgehead atoms. The van der Waals surface area contributed by atoms with E-state index >= 15 is 0 Å². The zero-order valence-electron chi connectivity index (χ0n) is 11.3. The van der Waals surface area contributed by atoms with E-state index < -0.39 is 0 Å². The molecule has 2 unspecified atom stereocenters. The number of hydrogen-bond donors (Lipinski definition) is 2. The third kappa shape index (κ3) is 3.77. The number of hydrogen-bond acceptors (Lipinski definition) is 3. The first-order valence-corrected chi connectivity index (χ1v) is 7.48. The third-order valence-electron chi connectivity index (χ3n) is 3.26. The Balaban J connectivity index is 2.01. The molecule has 1 fully saturated rings. The Kier molecular flexibility index (Phi) is 5.51. The summed E-state index contributed by atoms with van der Waals surface area (Å²) >= 11 is 3.30. The first-order chi connectivity index (χ1) is 9.61. The fourth-order valence-corrected chi connectivity index (χ4v) is 2.51. The lowest BCUT2D eigenvalue weighted by atomic mass is 10.0. The summed E-state index contributed by atoms with van der Waals surface area (Å²) < 4.78 is 19.2. The molecule has 20 heavy (non-hydrogen) atoms. The van der Waals surface area contributed by atoms with Crippen molar-refractivity contribution in [3.63, 3.8) is 0 Å². The van der Waals surface area contributed by atoms with Gasteiger partial charge in [-0.25, -0.2) is 4.39 Å². The number of nitrogens with one attached hydrogen (secondary N) is 2. The smallest absolute Gasteiger partial charge is 0.231 e.